The number of hydrogen-bond donors (Lipinski definition) is 1. The molecule has 3 aliphatic rings. The van der Waals surface area contributed by atoms with Gasteiger partial charge in [-0.3, -0.25) is 24.3 Å². The predicted molar refractivity (Wildman–Crippen MR) is 129 cm³/mol. The standard InChI is InChI=1S/C25H20ClN5O3/c1-34-10-6-16-11-14-3-2-4-17-22(27-7-9-30(16)23(14)17)21-20(24(32)29-25(21)33)18-13-28-19-12-15(26)5-8-31(18)19/h2-5,7-9,12-13,16H,6,10-11H2,1H3,(H,29,32,33). The molecule has 170 valence electrons. The summed E-state index contributed by atoms with van der Waals surface area (Å²) in [5.74, 6) is -0.953. The molecular formula is C25H20ClN5O3. The number of carbonyl (C=O) groups excluding carboxylic acids is 2. The number of benzene rings is 1. The van der Waals surface area contributed by atoms with E-state index >= 15 is 0 Å². The van der Waals surface area contributed by atoms with Gasteiger partial charge in [-0.1, -0.05) is 29.8 Å². The van der Waals surface area contributed by atoms with E-state index in [1.165, 1.54) is 5.56 Å². The van der Waals surface area contributed by atoms with Crippen LogP contribution in [0.2, 0.25) is 5.02 Å². The number of methoxy groups -OCH3 is 1. The van der Waals surface area contributed by atoms with E-state index in [0.717, 1.165) is 24.1 Å². The lowest BCUT2D eigenvalue weighted by Crippen LogP contribution is -2.28. The van der Waals surface area contributed by atoms with E-state index in [0.29, 0.717) is 28.7 Å². The van der Waals surface area contributed by atoms with Gasteiger partial charge in [0.2, 0.25) is 0 Å². The van der Waals surface area contributed by atoms with Crippen LogP contribution in [0.15, 0.2) is 65.7 Å². The van der Waals surface area contributed by atoms with Crippen molar-refractivity contribution < 1.29 is 14.3 Å². The minimum atomic E-state index is -0.477. The third-order valence-corrected chi connectivity index (χ3v) is 6.70. The number of imidazole rings is 1. The van der Waals surface area contributed by atoms with E-state index < -0.39 is 11.8 Å². The highest BCUT2D eigenvalue weighted by Gasteiger charge is 2.39. The zero-order chi connectivity index (χ0) is 23.4. The zero-order valence-electron chi connectivity index (χ0n) is 18.3. The first-order chi connectivity index (χ1) is 16.6. The first kappa shape index (κ1) is 20.8. The molecule has 6 rings (SSSR count). The Kier molecular flexibility index (Phi) is 4.86. The number of rotatable bonds is 5. The van der Waals surface area contributed by atoms with Crippen molar-refractivity contribution in [3.8, 4) is 0 Å². The van der Waals surface area contributed by atoms with E-state index in [9.17, 15) is 9.59 Å². The molecule has 5 heterocycles. The maximum absolute atomic E-state index is 13.1. The van der Waals surface area contributed by atoms with Crippen LogP contribution in [-0.4, -0.2) is 46.7 Å². The molecule has 0 aliphatic carbocycles. The molecular weight excluding hydrogens is 454 g/mol. The summed E-state index contributed by atoms with van der Waals surface area (Å²) in [6, 6.07) is 9.66. The number of nitrogens with zero attached hydrogens (tertiary/aromatic N) is 4. The van der Waals surface area contributed by atoms with Crippen LogP contribution in [-0.2, 0) is 20.7 Å². The fourth-order valence-corrected chi connectivity index (χ4v) is 5.15. The SMILES string of the molecule is COCCC1Cc2cccc3c2N1C=CN=C3C1=C(c2cnc3cc(Cl)ccn23)C(=O)NC1=O. The van der Waals surface area contributed by atoms with E-state index in [-0.39, 0.29) is 17.2 Å². The Bertz CT molecular complexity index is 1470. The minimum absolute atomic E-state index is 0.234. The number of imide groups is 1. The minimum Gasteiger partial charge on any atom is -0.385 e. The molecule has 2 aromatic heterocycles. The number of aromatic nitrogens is 2. The zero-order valence-corrected chi connectivity index (χ0v) is 19.0. The molecule has 0 radical (unpaired) electrons. The number of halogens is 1. The Morgan fingerprint density at radius 2 is 2.06 bits per heavy atom. The Labute approximate surface area is 200 Å². The number of carbonyl (C=O) groups is 2. The summed E-state index contributed by atoms with van der Waals surface area (Å²) in [5, 5.41) is 2.99. The molecule has 1 atom stereocenters. The number of fused-ring (bicyclic) bond motifs is 1. The number of hydrogen-bond acceptors (Lipinski definition) is 6. The van der Waals surface area contributed by atoms with Gasteiger partial charge in [-0.05, 0) is 24.5 Å². The summed E-state index contributed by atoms with van der Waals surface area (Å²) in [6.45, 7) is 0.649. The topological polar surface area (TPSA) is 88.3 Å². The molecule has 8 nitrogen and oxygen atoms in total. The predicted octanol–water partition coefficient (Wildman–Crippen LogP) is 3.14. The van der Waals surface area contributed by atoms with Gasteiger partial charge in [-0.25, -0.2) is 4.98 Å². The van der Waals surface area contributed by atoms with E-state index in [2.05, 4.69) is 26.3 Å². The Morgan fingerprint density at radius 3 is 2.91 bits per heavy atom. The van der Waals surface area contributed by atoms with Gasteiger partial charge in [-0.15, -0.1) is 0 Å². The van der Waals surface area contributed by atoms with E-state index in [4.69, 9.17) is 16.3 Å². The van der Waals surface area contributed by atoms with E-state index in [1.807, 2.05) is 18.3 Å². The average molecular weight is 474 g/mol. The number of anilines is 1. The Balaban J connectivity index is 1.53. The third-order valence-electron chi connectivity index (χ3n) is 6.47. The molecule has 1 N–H and O–H groups in total. The van der Waals surface area contributed by atoms with Crippen molar-refractivity contribution in [2.75, 3.05) is 18.6 Å². The molecule has 1 unspecified atom stereocenters. The normalized spacial score (nSPS) is 19.1. The van der Waals surface area contributed by atoms with Gasteiger partial charge in [-0.2, -0.15) is 0 Å². The van der Waals surface area contributed by atoms with Crippen molar-refractivity contribution in [3.05, 3.63) is 82.5 Å². The summed E-state index contributed by atoms with van der Waals surface area (Å²) in [7, 11) is 1.70. The van der Waals surface area contributed by atoms with Crippen LogP contribution < -0.4 is 10.2 Å². The van der Waals surface area contributed by atoms with Crippen molar-refractivity contribution >= 4 is 46.0 Å². The van der Waals surface area contributed by atoms with Crippen molar-refractivity contribution in [3.63, 3.8) is 0 Å². The van der Waals surface area contributed by atoms with E-state index in [1.54, 1.807) is 42.2 Å². The monoisotopic (exact) mass is 473 g/mol. The van der Waals surface area contributed by atoms with Crippen molar-refractivity contribution in [1.82, 2.24) is 14.7 Å². The molecule has 1 aromatic carbocycles. The largest absolute Gasteiger partial charge is 0.385 e. The molecule has 9 heteroatoms. The molecule has 0 bridgehead atoms. The average Bonchev–Trinajstić information content (AvgIpc) is 3.43. The summed E-state index contributed by atoms with van der Waals surface area (Å²) in [5.41, 5.74) is 5.03. The first-order valence-electron chi connectivity index (χ1n) is 10.9. The van der Waals surface area contributed by atoms with Gasteiger partial charge < -0.3 is 9.64 Å². The number of pyridine rings is 1. The second-order valence-corrected chi connectivity index (χ2v) is 8.82. The summed E-state index contributed by atoms with van der Waals surface area (Å²) in [4.78, 5) is 37.4. The van der Waals surface area contributed by atoms with Crippen molar-refractivity contribution in [2.45, 2.75) is 18.9 Å². The third kappa shape index (κ3) is 3.10. The fourth-order valence-electron chi connectivity index (χ4n) is 4.99. The lowest BCUT2D eigenvalue weighted by Gasteiger charge is -2.24. The highest BCUT2D eigenvalue weighted by molar-refractivity contribution is 6.47. The van der Waals surface area contributed by atoms with Gasteiger partial charge in [0.1, 0.15) is 5.65 Å². The smallest absolute Gasteiger partial charge is 0.261 e. The van der Waals surface area contributed by atoms with Crippen LogP contribution >= 0.6 is 11.6 Å². The number of nitrogens with one attached hydrogen (secondary N) is 1. The van der Waals surface area contributed by atoms with Gasteiger partial charge in [0.15, 0.2) is 0 Å². The van der Waals surface area contributed by atoms with Crippen LogP contribution in [0, 0.1) is 0 Å². The highest BCUT2D eigenvalue weighted by Crippen LogP contribution is 2.40. The van der Waals surface area contributed by atoms with Gasteiger partial charge in [0.05, 0.1) is 34.4 Å². The number of para-hydroxylation sites is 1. The van der Waals surface area contributed by atoms with Gasteiger partial charge >= 0.3 is 0 Å². The maximum Gasteiger partial charge on any atom is 0.261 e. The molecule has 0 saturated heterocycles. The molecule has 0 saturated carbocycles. The summed E-state index contributed by atoms with van der Waals surface area (Å²) >= 11 is 6.10. The van der Waals surface area contributed by atoms with Crippen molar-refractivity contribution in [1.29, 1.82) is 0 Å². The quantitative estimate of drug-likeness (QED) is 0.575. The highest BCUT2D eigenvalue weighted by atomic mass is 35.5. The molecule has 3 aliphatic heterocycles. The number of amides is 2. The Morgan fingerprint density at radius 1 is 1.21 bits per heavy atom. The van der Waals surface area contributed by atoms with Crippen molar-refractivity contribution in [2.24, 2.45) is 4.99 Å². The molecule has 3 aromatic rings. The van der Waals surface area contributed by atoms with Crippen LogP contribution in [0.3, 0.4) is 0 Å². The lowest BCUT2D eigenvalue weighted by atomic mass is 9.94. The lowest BCUT2D eigenvalue weighted by molar-refractivity contribution is -0.123. The molecule has 2 amide bonds. The Hall–Kier alpha value is -3.75. The second kappa shape index (κ2) is 7.93. The molecule has 0 spiro atoms. The van der Waals surface area contributed by atoms with Crippen LogP contribution in [0.1, 0.15) is 23.2 Å². The van der Waals surface area contributed by atoms with Crippen LogP contribution in [0.25, 0.3) is 11.2 Å². The second-order valence-electron chi connectivity index (χ2n) is 8.39. The fraction of sp³-hybridized carbons (Fsp3) is 0.200. The van der Waals surface area contributed by atoms with Gasteiger partial charge in [0, 0.05) is 55.0 Å². The van der Waals surface area contributed by atoms with Gasteiger partial charge in [0.25, 0.3) is 11.8 Å². The molecule has 0 fully saturated rings. The maximum atomic E-state index is 13.1. The van der Waals surface area contributed by atoms with Crippen LogP contribution in [0.4, 0.5) is 5.69 Å². The number of aliphatic imine (C=N–C) groups is 1. The molecule has 34 heavy (non-hydrogen) atoms. The van der Waals surface area contributed by atoms with Crippen LogP contribution in [0.5, 0.6) is 0 Å². The number of ether oxygens (including phenoxy) is 1. The first-order valence-corrected chi connectivity index (χ1v) is 11.3. The summed E-state index contributed by atoms with van der Waals surface area (Å²) in [6.07, 6.45) is 8.68. The summed E-state index contributed by atoms with van der Waals surface area (Å²) < 4.78 is 7.05.